The zero-order valence-corrected chi connectivity index (χ0v) is 22.5. The monoisotopic (exact) mass is 576 g/mol. The first-order valence-corrected chi connectivity index (χ1v) is 13.1. The van der Waals surface area contributed by atoms with Gasteiger partial charge in [-0.1, -0.05) is 0 Å². The molecule has 220 valence electrons. The first-order valence-electron chi connectivity index (χ1n) is 13.1. The molecule has 4 aliphatic rings. The lowest BCUT2D eigenvalue weighted by atomic mass is 9.52. The van der Waals surface area contributed by atoms with E-state index in [1.165, 1.54) is 30.9 Å². The van der Waals surface area contributed by atoms with Crippen molar-refractivity contribution in [1.29, 1.82) is 0 Å². The van der Waals surface area contributed by atoms with Crippen LogP contribution in [0.4, 0.5) is 14.5 Å². The topological polar surface area (TPSA) is 187 Å². The number of hydrogen-bond donors (Lipinski definition) is 4. The minimum Gasteiger partial charge on any atom is -0.505 e. The van der Waals surface area contributed by atoms with E-state index in [2.05, 4.69) is 5.32 Å². The lowest BCUT2D eigenvalue weighted by Gasteiger charge is -2.52. The Morgan fingerprint density at radius 3 is 2.39 bits per heavy atom. The Morgan fingerprint density at radius 1 is 1.17 bits per heavy atom. The van der Waals surface area contributed by atoms with Crippen LogP contribution in [0, 0.1) is 29.5 Å². The van der Waals surface area contributed by atoms with E-state index in [1.807, 2.05) is 0 Å². The molecule has 0 radical (unpaired) electrons. The van der Waals surface area contributed by atoms with Gasteiger partial charge in [-0.3, -0.25) is 38.6 Å². The Balaban J connectivity index is 1.54. The van der Waals surface area contributed by atoms with E-state index in [-0.39, 0.29) is 31.4 Å². The van der Waals surface area contributed by atoms with Gasteiger partial charge >= 0.3 is 0 Å². The van der Waals surface area contributed by atoms with Crippen molar-refractivity contribution < 1.29 is 47.8 Å². The third kappa shape index (κ3) is 4.10. The number of hydrogen-bond acceptors (Lipinski definition) is 10. The van der Waals surface area contributed by atoms with Crippen LogP contribution in [0.5, 0.6) is 5.75 Å². The Morgan fingerprint density at radius 2 is 1.83 bits per heavy atom. The van der Waals surface area contributed by atoms with Crippen LogP contribution < -0.4 is 11.1 Å². The molecule has 0 spiro atoms. The van der Waals surface area contributed by atoms with Gasteiger partial charge in [0.25, 0.3) is 0 Å². The van der Waals surface area contributed by atoms with Crippen molar-refractivity contribution >= 4 is 40.6 Å². The summed E-state index contributed by atoms with van der Waals surface area (Å²) in [5, 5.41) is 24.9. The lowest BCUT2D eigenvalue weighted by molar-refractivity contribution is -0.181. The molecule has 14 heteroatoms. The number of phenolic OH excluding ortho intramolecular Hbond substituents is 1. The number of aromatic hydroxyl groups is 1. The molecule has 1 heterocycles. The van der Waals surface area contributed by atoms with Crippen LogP contribution in [0.25, 0.3) is 0 Å². The molecule has 1 aromatic rings. The number of fused-ring (bicyclic) bond motifs is 3. The summed E-state index contributed by atoms with van der Waals surface area (Å²) < 4.78 is 29.2. The van der Waals surface area contributed by atoms with Gasteiger partial charge in [-0.2, -0.15) is 0 Å². The summed E-state index contributed by atoms with van der Waals surface area (Å²) >= 11 is 0. The maximum Gasteiger partial charge on any atom is 0.241 e. The van der Waals surface area contributed by atoms with Crippen LogP contribution >= 0.6 is 0 Å². The maximum absolute atomic E-state index is 15.4. The molecule has 1 saturated heterocycles. The molecular weight excluding hydrogens is 546 g/mol. The molecule has 3 fully saturated rings. The summed E-state index contributed by atoms with van der Waals surface area (Å²) in [6, 6.07) is -1.35. The number of carbonyl (C=O) groups is 6. The van der Waals surface area contributed by atoms with Gasteiger partial charge in [-0.25, -0.2) is 8.78 Å². The first kappa shape index (κ1) is 28.9. The Bertz CT molecular complexity index is 1420. The molecule has 8 atom stereocenters. The van der Waals surface area contributed by atoms with Gasteiger partial charge in [0, 0.05) is 30.5 Å². The van der Waals surface area contributed by atoms with Gasteiger partial charge in [0.05, 0.1) is 29.3 Å². The highest BCUT2D eigenvalue weighted by molar-refractivity contribution is 6.32. The summed E-state index contributed by atoms with van der Waals surface area (Å²) in [6.45, 7) is 0.00575. The van der Waals surface area contributed by atoms with E-state index in [9.17, 15) is 43.4 Å². The van der Waals surface area contributed by atoms with E-state index in [0.717, 1.165) is 6.07 Å². The number of benzene rings is 1. The van der Waals surface area contributed by atoms with Gasteiger partial charge in [0.2, 0.25) is 11.8 Å². The van der Waals surface area contributed by atoms with Crippen LogP contribution in [0.1, 0.15) is 28.8 Å². The lowest BCUT2D eigenvalue weighted by Crippen LogP contribution is -2.74. The average molecular weight is 577 g/mol. The fourth-order valence-corrected chi connectivity index (χ4v) is 7.18. The molecule has 0 aromatic heterocycles. The molecular formula is C27H30F2N4O8. The average Bonchev–Trinajstić information content (AvgIpc) is 3.21. The van der Waals surface area contributed by atoms with Crippen molar-refractivity contribution in [2.75, 3.05) is 33.0 Å². The number of halogens is 2. The summed E-state index contributed by atoms with van der Waals surface area (Å²) in [5.74, 6) is -14.6. The number of nitrogens with two attached hydrogens (primary N) is 1. The van der Waals surface area contributed by atoms with Crippen molar-refractivity contribution in [3.8, 4) is 5.75 Å². The third-order valence-corrected chi connectivity index (χ3v) is 9.06. The number of phenols is 1. The van der Waals surface area contributed by atoms with Crippen LogP contribution in [-0.4, -0.2) is 107 Å². The van der Waals surface area contributed by atoms with Crippen molar-refractivity contribution in [1.82, 2.24) is 9.80 Å². The highest BCUT2D eigenvalue weighted by Crippen LogP contribution is 2.51. The Hall–Kier alpha value is -3.62. The first-order chi connectivity index (χ1) is 19.1. The predicted molar refractivity (Wildman–Crippen MR) is 136 cm³/mol. The molecule has 2 saturated carbocycles. The van der Waals surface area contributed by atoms with Crippen molar-refractivity contribution in [3.63, 3.8) is 0 Å². The minimum atomic E-state index is -2.91. The number of nitrogens with one attached hydrogen (secondary N) is 1. The fourth-order valence-electron chi connectivity index (χ4n) is 7.18. The molecule has 5 N–H and O–H groups in total. The number of alkyl halides is 1. The number of likely N-dealkylation sites (N-methyl/N-ethyl adjacent to an activating group) is 2. The maximum atomic E-state index is 15.4. The van der Waals surface area contributed by atoms with Gasteiger partial charge in [0.1, 0.15) is 17.7 Å². The normalized spacial score (nSPS) is 35.2. The number of rotatable bonds is 4. The summed E-state index contributed by atoms with van der Waals surface area (Å²) in [7, 11) is 4.44. The molecule has 1 aromatic carbocycles. The number of nitrogens with zero attached hydrogens (tertiary/aromatic N) is 2. The van der Waals surface area contributed by atoms with Crippen molar-refractivity contribution in [2.24, 2.45) is 29.4 Å². The molecule has 5 rings (SSSR count). The predicted octanol–water partition coefficient (Wildman–Crippen LogP) is -1.01. The highest BCUT2D eigenvalue weighted by Gasteiger charge is 2.69. The number of anilines is 1. The zero-order chi connectivity index (χ0) is 30.3. The summed E-state index contributed by atoms with van der Waals surface area (Å²) in [4.78, 5) is 81.6. The van der Waals surface area contributed by atoms with Gasteiger partial charge in [-0.05, 0) is 39.9 Å². The molecule has 2 amide bonds. The van der Waals surface area contributed by atoms with E-state index in [1.54, 1.807) is 0 Å². The number of amides is 2. The molecule has 1 aliphatic heterocycles. The van der Waals surface area contributed by atoms with E-state index < -0.39 is 105 Å². The number of Topliss-reactive ketones (excluding diaryl/α,β-unsaturated/α-hetero) is 4. The largest absolute Gasteiger partial charge is 0.505 e. The van der Waals surface area contributed by atoms with E-state index >= 15 is 4.39 Å². The van der Waals surface area contributed by atoms with Gasteiger partial charge < -0.3 is 21.3 Å². The van der Waals surface area contributed by atoms with Crippen LogP contribution in [0.15, 0.2) is 6.07 Å². The second-order valence-electron chi connectivity index (χ2n) is 11.7. The van der Waals surface area contributed by atoms with Gasteiger partial charge in [0.15, 0.2) is 34.7 Å². The molecule has 0 bridgehead atoms. The Labute approximate surface area is 232 Å². The number of carbonyl (C=O) groups excluding carboxylic acids is 6. The number of aliphatic hydroxyl groups is 1. The van der Waals surface area contributed by atoms with Crippen molar-refractivity contribution in [3.05, 3.63) is 23.0 Å². The van der Waals surface area contributed by atoms with E-state index in [0.29, 0.717) is 0 Å². The SMILES string of the molecule is CN(C)[C@@H]1C(=O)C(C(N)=O)C(=O)[C@@]2(O)C(=O)C3C(=O)c4c(O)c(NC(=O)[C@@H]5C[C@@H](F)CN5C)cc(F)c4C[C@H]3C[C@@H]12. The molecule has 41 heavy (non-hydrogen) atoms. The molecule has 2 unspecified atom stereocenters. The third-order valence-electron chi connectivity index (χ3n) is 9.06. The Kier molecular flexibility index (Phi) is 6.86. The quantitative estimate of drug-likeness (QED) is 0.255. The van der Waals surface area contributed by atoms with Crippen molar-refractivity contribution in [2.45, 2.75) is 43.1 Å². The summed E-state index contributed by atoms with van der Waals surface area (Å²) in [6.07, 6.45) is -1.85. The second-order valence-corrected chi connectivity index (χ2v) is 11.7. The van der Waals surface area contributed by atoms with Crippen LogP contribution in [-0.2, 0) is 30.4 Å². The smallest absolute Gasteiger partial charge is 0.241 e. The standard InChI is InChI=1S/C27H30F2N4O8/c1-32(2)19-12-5-9-4-11-13(29)7-14(31-26(40)15-6-10(28)8-33(15)3)20(34)17(11)21(35)16(9)23(37)27(12,41)24(38)18(22(19)36)25(30)39/h7,9-10,12,15-16,18-19,34,41H,4-6,8H2,1-3H3,(H2,30,39)(H,31,40)/t9-,10+,12-,15-,16?,18?,19-,27-/m0/s1. The molecule has 3 aliphatic carbocycles. The number of ketones is 4. The van der Waals surface area contributed by atoms with Crippen LogP contribution in [0.3, 0.4) is 0 Å². The minimum absolute atomic E-state index is 0.00575. The second kappa shape index (κ2) is 9.74. The highest BCUT2D eigenvalue weighted by atomic mass is 19.1. The number of likely N-dealkylation sites (tertiary alicyclic amines) is 1. The zero-order valence-electron chi connectivity index (χ0n) is 22.5. The number of primary amides is 1. The fraction of sp³-hybridized carbons (Fsp3) is 0.556. The van der Waals surface area contributed by atoms with Gasteiger partial charge in [-0.15, -0.1) is 0 Å². The van der Waals surface area contributed by atoms with E-state index in [4.69, 9.17) is 5.73 Å². The summed E-state index contributed by atoms with van der Waals surface area (Å²) in [5.41, 5.74) is 1.10. The molecule has 12 nitrogen and oxygen atoms in total. The van der Waals surface area contributed by atoms with Crippen LogP contribution in [0.2, 0.25) is 0 Å².